The summed E-state index contributed by atoms with van der Waals surface area (Å²) in [6, 6.07) is 7.37. The lowest BCUT2D eigenvalue weighted by molar-refractivity contribution is 0.306. The van der Waals surface area contributed by atoms with Gasteiger partial charge in [-0.15, -0.1) is 5.10 Å². The number of benzene rings is 1. The summed E-state index contributed by atoms with van der Waals surface area (Å²) in [7, 11) is 0. The van der Waals surface area contributed by atoms with Crippen molar-refractivity contribution in [2.24, 2.45) is 10.2 Å². The lowest BCUT2D eigenvalue weighted by Crippen LogP contribution is -2.04. The number of rotatable bonds is 4. The van der Waals surface area contributed by atoms with Gasteiger partial charge >= 0.3 is 0 Å². The summed E-state index contributed by atoms with van der Waals surface area (Å²) in [6.45, 7) is 5.48. The Bertz CT molecular complexity index is 954. The van der Waals surface area contributed by atoms with Crippen LogP contribution >= 0.6 is 11.6 Å². The molecule has 0 radical (unpaired) electrons. The minimum atomic E-state index is 0.130. The van der Waals surface area contributed by atoms with Gasteiger partial charge in [0.05, 0.1) is 17.1 Å². The van der Waals surface area contributed by atoms with E-state index in [0.717, 1.165) is 11.3 Å². The SMILES string of the molecule is C/C(=N\N=C(/C)c1nnn(-c2nonc2N)c1C)c1ccc(Cl)cc1. The number of hydrogen-bond donors (Lipinski definition) is 1. The van der Waals surface area contributed by atoms with Crippen LogP contribution in [0.5, 0.6) is 0 Å². The highest BCUT2D eigenvalue weighted by Crippen LogP contribution is 2.15. The Kier molecular flexibility index (Phi) is 4.57. The molecule has 3 rings (SSSR count). The van der Waals surface area contributed by atoms with E-state index in [-0.39, 0.29) is 11.6 Å². The predicted octanol–water partition coefficient (Wildman–Crippen LogP) is 2.43. The Balaban J connectivity index is 1.88. The molecule has 9 nitrogen and oxygen atoms in total. The standard InChI is InChI=1S/C15H15ClN8O/c1-8(11-4-6-12(16)7-5-11)18-19-9(2)13-10(3)24(23-20-13)15-14(17)21-25-22-15/h4-7H,1-3H3,(H2,17,21)/b18-8+,19-9+. The third kappa shape index (κ3) is 3.41. The second-order valence-electron chi connectivity index (χ2n) is 5.29. The highest BCUT2D eigenvalue weighted by Gasteiger charge is 2.17. The van der Waals surface area contributed by atoms with Gasteiger partial charge in [0.15, 0.2) is 0 Å². The van der Waals surface area contributed by atoms with Crippen LogP contribution in [0.15, 0.2) is 39.1 Å². The Hall–Kier alpha value is -3.07. The van der Waals surface area contributed by atoms with Crippen molar-refractivity contribution in [3.8, 4) is 5.82 Å². The lowest BCUT2D eigenvalue weighted by Gasteiger charge is -2.00. The summed E-state index contributed by atoms with van der Waals surface area (Å²) < 4.78 is 6.03. The molecule has 0 atom stereocenters. The monoisotopic (exact) mass is 358 g/mol. The molecule has 0 fully saturated rings. The Morgan fingerprint density at radius 3 is 2.44 bits per heavy atom. The average Bonchev–Trinajstić information content (AvgIpc) is 3.18. The lowest BCUT2D eigenvalue weighted by atomic mass is 10.1. The van der Waals surface area contributed by atoms with Crippen molar-refractivity contribution >= 4 is 28.8 Å². The van der Waals surface area contributed by atoms with Gasteiger partial charge in [0.25, 0.3) is 0 Å². The number of anilines is 1. The summed E-state index contributed by atoms with van der Waals surface area (Å²) in [5.41, 5.74) is 9.25. The minimum absolute atomic E-state index is 0.130. The van der Waals surface area contributed by atoms with E-state index in [1.54, 1.807) is 19.1 Å². The van der Waals surface area contributed by atoms with Crippen molar-refractivity contribution in [2.75, 3.05) is 5.73 Å². The van der Waals surface area contributed by atoms with Crippen LogP contribution in [0.25, 0.3) is 5.82 Å². The summed E-state index contributed by atoms with van der Waals surface area (Å²) in [5.74, 6) is 0.413. The Morgan fingerprint density at radius 2 is 1.80 bits per heavy atom. The van der Waals surface area contributed by atoms with E-state index in [1.165, 1.54) is 4.68 Å². The van der Waals surface area contributed by atoms with Gasteiger partial charge in [-0.2, -0.15) is 14.9 Å². The van der Waals surface area contributed by atoms with Crippen LogP contribution in [-0.4, -0.2) is 36.7 Å². The molecule has 0 aliphatic rings. The zero-order valence-electron chi connectivity index (χ0n) is 13.8. The molecule has 0 saturated heterocycles. The molecule has 2 heterocycles. The molecule has 3 aromatic rings. The number of halogens is 1. The van der Waals surface area contributed by atoms with Crippen molar-refractivity contribution in [3.63, 3.8) is 0 Å². The van der Waals surface area contributed by atoms with Crippen LogP contribution in [0.2, 0.25) is 5.02 Å². The van der Waals surface area contributed by atoms with Gasteiger partial charge in [-0.25, -0.2) is 4.63 Å². The average molecular weight is 359 g/mol. The summed E-state index contributed by atoms with van der Waals surface area (Å²) in [5, 5.41) is 24.5. The van der Waals surface area contributed by atoms with E-state index in [0.29, 0.717) is 22.1 Å². The Morgan fingerprint density at radius 1 is 1.12 bits per heavy atom. The number of nitrogens with two attached hydrogens (primary N) is 1. The van der Waals surface area contributed by atoms with Crippen LogP contribution in [-0.2, 0) is 0 Å². The van der Waals surface area contributed by atoms with Crippen LogP contribution in [0, 0.1) is 6.92 Å². The quantitative estimate of drug-likeness (QED) is 0.564. The maximum Gasteiger partial charge on any atom is 0.243 e. The first-order valence-electron chi connectivity index (χ1n) is 7.33. The zero-order valence-corrected chi connectivity index (χ0v) is 14.6. The fourth-order valence-corrected chi connectivity index (χ4v) is 2.27. The van der Waals surface area contributed by atoms with Gasteiger partial charge in [-0.05, 0) is 48.8 Å². The van der Waals surface area contributed by atoms with Gasteiger partial charge in [0.1, 0.15) is 5.69 Å². The number of aromatic nitrogens is 5. The summed E-state index contributed by atoms with van der Waals surface area (Å²) >= 11 is 5.89. The van der Waals surface area contributed by atoms with E-state index in [9.17, 15) is 0 Å². The van der Waals surface area contributed by atoms with Gasteiger partial charge < -0.3 is 5.73 Å². The molecule has 0 spiro atoms. The van der Waals surface area contributed by atoms with Gasteiger partial charge in [0.2, 0.25) is 11.6 Å². The molecule has 0 amide bonds. The first-order valence-corrected chi connectivity index (χ1v) is 7.71. The van der Waals surface area contributed by atoms with E-state index in [1.807, 2.05) is 26.0 Å². The number of hydrogen-bond acceptors (Lipinski definition) is 8. The van der Waals surface area contributed by atoms with E-state index >= 15 is 0 Å². The van der Waals surface area contributed by atoms with E-state index < -0.39 is 0 Å². The molecule has 0 aliphatic heterocycles. The smallest absolute Gasteiger partial charge is 0.243 e. The summed E-state index contributed by atoms with van der Waals surface area (Å²) in [4.78, 5) is 0. The molecular formula is C15H15ClN8O. The van der Waals surface area contributed by atoms with E-state index in [4.69, 9.17) is 17.3 Å². The summed E-state index contributed by atoms with van der Waals surface area (Å²) in [6.07, 6.45) is 0. The van der Waals surface area contributed by atoms with E-state index in [2.05, 4.69) is 35.5 Å². The van der Waals surface area contributed by atoms with Crippen LogP contribution in [0.1, 0.15) is 30.8 Å². The van der Waals surface area contributed by atoms with Crippen molar-refractivity contribution in [2.45, 2.75) is 20.8 Å². The highest BCUT2D eigenvalue weighted by atomic mass is 35.5. The first-order chi connectivity index (χ1) is 12.0. The van der Waals surface area contributed by atoms with Crippen molar-refractivity contribution in [1.29, 1.82) is 0 Å². The normalized spacial score (nSPS) is 12.6. The van der Waals surface area contributed by atoms with Crippen LogP contribution in [0.4, 0.5) is 5.82 Å². The third-order valence-corrected chi connectivity index (χ3v) is 3.80. The predicted molar refractivity (Wildman–Crippen MR) is 94.2 cm³/mol. The molecule has 25 heavy (non-hydrogen) atoms. The molecule has 2 aromatic heterocycles. The largest absolute Gasteiger partial charge is 0.378 e. The van der Waals surface area contributed by atoms with Crippen LogP contribution < -0.4 is 5.73 Å². The molecule has 0 aliphatic carbocycles. The third-order valence-electron chi connectivity index (χ3n) is 3.55. The van der Waals surface area contributed by atoms with Crippen molar-refractivity contribution in [1.82, 2.24) is 25.3 Å². The van der Waals surface area contributed by atoms with Crippen molar-refractivity contribution in [3.05, 3.63) is 46.2 Å². The van der Waals surface area contributed by atoms with Gasteiger partial charge in [0, 0.05) is 5.02 Å². The number of nitrogens with zero attached hydrogens (tertiary/aromatic N) is 7. The molecule has 128 valence electrons. The maximum atomic E-state index is 5.89. The molecular weight excluding hydrogens is 344 g/mol. The molecule has 10 heteroatoms. The van der Waals surface area contributed by atoms with Gasteiger partial charge in [-0.1, -0.05) is 28.9 Å². The second-order valence-corrected chi connectivity index (χ2v) is 5.72. The van der Waals surface area contributed by atoms with Crippen LogP contribution in [0.3, 0.4) is 0 Å². The Labute approximate surface area is 148 Å². The molecule has 2 N–H and O–H groups in total. The fraction of sp³-hybridized carbons (Fsp3) is 0.200. The molecule has 0 bridgehead atoms. The topological polar surface area (TPSA) is 120 Å². The fourth-order valence-electron chi connectivity index (χ4n) is 2.15. The molecule has 0 saturated carbocycles. The molecule has 1 aromatic carbocycles. The minimum Gasteiger partial charge on any atom is -0.378 e. The highest BCUT2D eigenvalue weighted by molar-refractivity contribution is 6.30. The second kappa shape index (κ2) is 6.81. The first kappa shape index (κ1) is 16.8. The molecule has 0 unspecified atom stereocenters. The zero-order chi connectivity index (χ0) is 18.0. The number of nitrogen functional groups attached to an aromatic ring is 1. The van der Waals surface area contributed by atoms with Gasteiger partial charge in [-0.3, -0.25) is 0 Å². The maximum absolute atomic E-state index is 5.89. The van der Waals surface area contributed by atoms with Crippen molar-refractivity contribution < 1.29 is 4.63 Å².